The maximum absolute atomic E-state index is 13.6. The maximum atomic E-state index is 13.6. The highest BCUT2D eigenvalue weighted by atomic mass is 32.1. The first kappa shape index (κ1) is 21.2. The van der Waals surface area contributed by atoms with Crippen LogP contribution in [0.3, 0.4) is 0 Å². The molecule has 0 saturated heterocycles. The van der Waals surface area contributed by atoms with E-state index >= 15 is 0 Å². The largest absolute Gasteiger partial charge is 0.493 e. The van der Waals surface area contributed by atoms with Crippen molar-refractivity contribution in [1.82, 2.24) is 4.98 Å². The first-order valence-corrected chi connectivity index (χ1v) is 11.4. The number of rotatable bonds is 5. The number of fused-ring (bicyclic) bond motifs is 2. The van der Waals surface area contributed by atoms with Crippen molar-refractivity contribution in [1.29, 1.82) is 0 Å². The number of benzene rings is 2. The molecule has 4 aromatic rings. The molecule has 0 bridgehead atoms. The summed E-state index contributed by atoms with van der Waals surface area (Å²) < 4.78 is 17.2. The fourth-order valence-electron chi connectivity index (χ4n) is 4.12. The number of aryl methyl sites for hydroxylation is 2. The molecule has 1 atom stereocenters. The van der Waals surface area contributed by atoms with Crippen LogP contribution in [-0.4, -0.2) is 24.6 Å². The standard InChI is InChI=1S/C25H22N2O5S/c1-5-31-18-11-10-15(12-19(18)30-4)21-20-22(28)16-8-6-7-9-17(16)32-23(20)24(29)27(21)25-26-13(2)14(3)33-25/h6-12,21H,5H2,1-4H3/t21-/m0/s1. The van der Waals surface area contributed by atoms with Crippen LogP contribution in [0.4, 0.5) is 5.13 Å². The predicted octanol–water partition coefficient (Wildman–Crippen LogP) is 5.02. The van der Waals surface area contributed by atoms with Gasteiger partial charge in [0.25, 0.3) is 5.91 Å². The molecule has 0 unspecified atom stereocenters. The SMILES string of the molecule is CCOc1ccc([C@H]2c3c(oc4ccccc4c3=O)C(=O)N2c2nc(C)c(C)s2)cc1OC. The van der Waals surface area contributed by atoms with Crippen LogP contribution in [0.25, 0.3) is 11.0 Å². The zero-order valence-corrected chi connectivity index (χ0v) is 19.5. The average Bonchev–Trinajstić information content (AvgIpc) is 3.30. The van der Waals surface area contributed by atoms with Gasteiger partial charge in [0, 0.05) is 4.88 Å². The molecule has 1 aliphatic rings. The summed E-state index contributed by atoms with van der Waals surface area (Å²) in [5.74, 6) is 0.764. The van der Waals surface area contributed by atoms with E-state index in [4.69, 9.17) is 13.9 Å². The van der Waals surface area contributed by atoms with Crippen molar-refractivity contribution in [3.63, 3.8) is 0 Å². The zero-order valence-electron chi connectivity index (χ0n) is 18.7. The lowest BCUT2D eigenvalue weighted by atomic mass is 9.98. The second-order valence-electron chi connectivity index (χ2n) is 7.73. The number of hydrogen-bond acceptors (Lipinski definition) is 7. The normalized spacial score (nSPS) is 15.2. The quantitative estimate of drug-likeness (QED) is 0.414. The second-order valence-corrected chi connectivity index (χ2v) is 8.91. The topological polar surface area (TPSA) is 81.9 Å². The molecule has 2 aromatic carbocycles. The molecule has 1 amide bonds. The molecule has 0 N–H and O–H groups in total. The summed E-state index contributed by atoms with van der Waals surface area (Å²) in [6.45, 7) is 6.23. The third-order valence-electron chi connectivity index (χ3n) is 5.80. The number of nitrogens with zero attached hydrogens (tertiary/aromatic N) is 2. The number of aromatic nitrogens is 1. The Hall–Kier alpha value is -3.65. The highest BCUT2D eigenvalue weighted by Gasteiger charge is 2.45. The molecular weight excluding hydrogens is 440 g/mol. The number of amides is 1. The number of carbonyl (C=O) groups is 1. The lowest BCUT2D eigenvalue weighted by Crippen LogP contribution is -2.29. The molecule has 0 spiro atoms. The Morgan fingerprint density at radius 2 is 1.91 bits per heavy atom. The summed E-state index contributed by atoms with van der Waals surface area (Å²) in [4.78, 5) is 34.4. The molecular formula is C25H22N2O5S. The molecule has 3 heterocycles. The second kappa shape index (κ2) is 8.04. The minimum absolute atomic E-state index is 0.0436. The van der Waals surface area contributed by atoms with E-state index < -0.39 is 6.04 Å². The highest BCUT2D eigenvalue weighted by Crippen LogP contribution is 2.44. The molecule has 33 heavy (non-hydrogen) atoms. The summed E-state index contributed by atoms with van der Waals surface area (Å²) in [5.41, 5.74) is 1.99. The first-order chi connectivity index (χ1) is 15.9. The lowest BCUT2D eigenvalue weighted by molar-refractivity contribution is 0.0971. The third kappa shape index (κ3) is 3.29. The Labute approximate surface area is 194 Å². The van der Waals surface area contributed by atoms with Gasteiger partial charge in [-0.2, -0.15) is 0 Å². The highest BCUT2D eigenvalue weighted by molar-refractivity contribution is 7.15. The maximum Gasteiger partial charge on any atom is 0.297 e. The molecule has 8 heteroatoms. The van der Waals surface area contributed by atoms with Crippen molar-refractivity contribution in [3.05, 3.63) is 80.1 Å². The minimum Gasteiger partial charge on any atom is -0.493 e. The Bertz CT molecular complexity index is 1440. The van der Waals surface area contributed by atoms with Crippen LogP contribution in [0.5, 0.6) is 11.5 Å². The molecule has 0 aliphatic carbocycles. The van der Waals surface area contributed by atoms with Crippen molar-refractivity contribution in [3.8, 4) is 11.5 Å². The van der Waals surface area contributed by atoms with Gasteiger partial charge in [0.2, 0.25) is 5.76 Å². The van der Waals surface area contributed by atoms with Crippen LogP contribution in [0.1, 0.15) is 45.2 Å². The van der Waals surface area contributed by atoms with Crippen LogP contribution in [0.2, 0.25) is 0 Å². The number of thiazole rings is 1. The van der Waals surface area contributed by atoms with Crippen LogP contribution in [0, 0.1) is 13.8 Å². The summed E-state index contributed by atoms with van der Waals surface area (Å²) in [5, 5.41) is 0.947. The molecule has 0 radical (unpaired) electrons. The van der Waals surface area contributed by atoms with E-state index in [1.165, 1.54) is 11.3 Å². The smallest absolute Gasteiger partial charge is 0.297 e. The Morgan fingerprint density at radius 3 is 2.61 bits per heavy atom. The van der Waals surface area contributed by atoms with Gasteiger partial charge in [0.15, 0.2) is 22.1 Å². The van der Waals surface area contributed by atoms with Gasteiger partial charge in [0.1, 0.15) is 5.58 Å². The van der Waals surface area contributed by atoms with Crippen LogP contribution in [-0.2, 0) is 0 Å². The van der Waals surface area contributed by atoms with Crippen LogP contribution in [0.15, 0.2) is 51.7 Å². The van der Waals surface area contributed by atoms with Gasteiger partial charge in [-0.3, -0.25) is 14.5 Å². The predicted molar refractivity (Wildman–Crippen MR) is 127 cm³/mol. The fraction of sp³-hybridized carbons (Fsp3) is 0.240. The van der Waals surface area contributed by atoms with Gasteiger partial charge < -0.3 is 13.9 Å². The number of anilines is 1. The van der Waals surface area contributed by atoms with E-state index in [2.05, 4.69) is 4.98 Å². The zero-order chi connectivity index (χ0) is 23.3. The molecule has 1 aliphatic heterocycles. The van der Waals surface area contributed by atoms with Crippen molar-refractivity contribution in [2.75, 3.05) is 18.6 Å². The number of carbonyl (C=O) groups excluding carboxylic acids is 1. The van der Waals surface area contributed by atoms with Gasteiger partial charge in [-0.05, 0) is 50.6 Å². The number of ether oxygens (including phenoxy) is 2. The summed E-state index contributed by atoms with van der Waals surface area (Å²) in [6, 6.07) is 11.7. The molecule has 0 fully saturated rings. The number of methoxy groups -OCH3 is 1. The lowest BCUT2D eigenvalue weighted by Gasteiger charge is -2.23. The number of para-hydroxylation sites is 1. The van der Waals surface area contributed by atoms with E-state index in [1.54, 1.807) is 48.4 Å². The monoisotopic (exact) mass is 462 g/mol. The Morgan fingerprint density at radius 1 is 1.12 bits per heavy atom. The number of hydrogen-bond donors (Lipinski definition) is 0. The average molecular weight is 463 g/mol. The summed E-state index contributed by atoms with van der Waals surface area (Å²) >= 11 is 1.41. The van der Waals surface area contributed by atoms with Crippen molar-refractivity contribution < 1.29 is 18.7 Å². The fourth-order valence-corrected chi connectivity index (χ4v) is 5.06. The van der Waals surface area contributed by atoms with Crippen LogP contribution >= 0.6 is 11.3 Å². The van der Waals surface area contributed by atoms with E-state index in [9.17, 15) is 9.59 Å². The van der Waals surface area contributed by atoms with Gasteiger partial charge in [-0.15, -0.1) is 11.3 Å². The van der Waals surface area contributed by atoms with E-state index in [0.717, 1.165) is 10.6 Å². The molecule has 5 rings (SSSR count). The van der Waals surface area contributed by atoms with E-state index in [0.29, 0.717) is 45.3 Å². The Balaban J connectivity index is 1.78. The van der Waals surface area contributed by atoms with E-state index in [-0.39, 0.29) is 17.1 Å². The van der Waals surface area contributed by atoms with Crippen LogP contribution < -0.4 is 19.8 Å². The molecule has 168 valence electrons. The van der Waals surface area contributed by atoms with Gasteiger partial charge in [-0.25, -0.2) is 4.98 Å². The van der Waals surface area contributed by atoms with Gasteiger partial charge >= 0.3 is 0 Å². The van der Waals surface area contributed by atoms with Gasteiger partial charge in [0.05, 0.1) is 36.4 Å². The molecule has 0 saturated carbocycles. The van der Waals surface area contributed by atoms with Crippen molar-refractivity contribution in [2.24, 2.45) is 0 Å². The van der Waals surface area contributed by atoms with Crippen molar-refractivity contribution >= 4 is 33.3 Å². The van der Waals surface area contributed by atoms with Gasteiger partial charge in [-0.1, -0.05) is 18.2 Å². The van der Waals surface area contributed by atoms with E-state index in [1.807, 2.05) is 26.8 Å². The first-order valence-electron chi connectivity index (χ1n) is 10.6. The summed E-state index contributed by atoms with van der Waals surface area (Å²) in [6.07, 6.45) is 0. The van der Waals surface area contributed by atoms with Crippen molar-refractivity contribution in [2.45, 2.75) is 26.8 Å². The summed E-state index contributed by atoms with van der Waals surface area (Å²) in [7, 11) is 1.56. The Kier molecular flexibility index (Phi) is 5.17. The molecule has 2 aromatic heterocycles. The third-order valence-corrected chi connectivity index (χ3v) is 6.88. The molecule has 7 nitrogen and oxygen atoms in total. The minimum atomic E-state index is -0.706.